The van der Waals surface area contributed by atoms with E-state index < -0.39 is 0 Å². The summed E-state index contributed by atoms with van der Waals surface area (Å²) in [6.07, 6.45) is 1.63. The molecule has 0 atom stereocenters. The molecule has 0 aliphatic rings. The number of hydrogen-bond donors (Lipinski definition) is 1. The molecule has 0 saturated heterocycles. The number of benzene rings is 1. The molecular formula is C12H11ClN2O. The molecule has 4 heteroatoms. The number of rotatable bonds is 2. The zero-order chi connectivity index (χ0) is 11.5. The quantitative estimate of drug-likeness (QED) is 0.810. The van der Waals surface area contributed by atoms with Gasteiger partial charge in [0, 0.05) is 11.9 Å². The summed E-state index contributed by atoms with van der Waals surface area (Å²) in [5.74, 6) is 1.07. The third-order valence-electron chi connectivity index (χ3n) is 2.18. The van der Waals surface area contributed by atoms with Crippen LogP contribution in [0.2, 0.25) is 5.02 Å². The van der Waals surface area contributed by atoms with Gasteiger partial charge < -0.3 is 10.5 Å². The number of aryl methyl sites for hydroxylation is 1. The van der Waals surface area contributed by atoms with Gasteiger partial charge in [0.2, 0.25) is 5.88 Å². The number of anilines is 1. The van der Waals surface area contributed by atoms with E-state index in [4.69, 9.17) is 22.1 Å². The van der Waals surface area contributed by atoms with Crippen LogP contribution in [0.15, 0.2) is 36.5 Å². The Kier molecular flexibility index (Phi) is 2.97. The molecule has 0 fully saturated rings. The molecule has 1 aromatic carbocycles. The molecule has 0 radical (unpaired) electrons. The minimum atomic E-state index is 0.397. The van der Waals surface area contributed by atoms with Crippen molar-refractivity contribution in [3.63, 3.8) is 0 Å². The summed E-state index contributed by atoms with van der Waals surface area (Å²) in [4.78, 5) is 4.04. The Morgan fingerprint density at radius 3 is 2.81 bits per heavy atom. The van der Waals surface area contributed by atoms with Gasteiger partial charge in [0.05, 0.1) is 0 Å². The predicted octanol–water partition coefficient (Wildman–Crippen LogP) is 3.42. The van der Waals surface area contributed by atoms with E-state index in [1.165, 1.54) is 0 Å². The van der Waals surface area contributed by atoms with Crippen molar-refractivity contribution in [3.05, 3.63) is 47.1 Å². The third-order valence-corrected chi connectivity index (χ3v) is 2.47. The Balaban J connectivity index is 2.28. The second-order valence-electron chi connectivity index (χ2n) is 3.41. The maximum Gasteiger partial charge on any atom is 0.238 e. The maximum atomic E-state index is 5.93. The lowest BCUT2D eigenvalue weighted by Gasteiger charge is -2.07. The van der Waals surface area contributed by atoms with Gasteiger partial charge in [-0.15, -0.1) is 0 Å². The van der Waals surface area contributed by atoms with Gasteiger partial charge in [-0.3, -0.25) is 0 Å². The minimum Gasteiger partial charge on any atom is -0.438 e. The van der Waals surface area contributed by atoms with Crippen LogP contribution in [0, 0.1) is 6.92 Å². The Bertz CT molecular complexity index is 514. The van der Waals surface area contributed by atoms with Crippen molar-refractivity contribution >= 4 is 17.3 Å². The van der Waals surface area contributed by atoms with Gasteiger partial charge in [0.25, 0.3) is 0 Å². The van der Waals surface area contributed by atoms with Crippen molar-refractivity contribution in [3.8, 4) is 11.6 Å². The number of ether oxygens (including phenoxy) is 1. The van der Waals surface area contributed by atoms with Crippen LogP contribution in [0.3, 0.4) is 0 Å². The van der Waals surface area contributed by atoms with Crippen molar-refractivity contribution in [2.75, 3.05) is 5.73 Å². The smallest absolute Gasteiger partial charge is 0.238 e. The van der Waals surface area contributed by atoms with Gasteiger partial charge in [-0.2, -0.15) is 0 Å². The van der Waals surface area contributed by atoms with E-state index in [0.717, 1.165) is 11.3 Å². The molecule has 0 aliphatic carbocycles. The monoisotopic (exact) mass is 234 g/mol. The molecule has 2 aromatic rings. The van der Waals surface area contributed by atoms with E-state index in [9.17, 15) is 0 Å². The SMILES string of the molecule is Cc1cc(Oc2ncccc2Cl)ccc1N. The average Bonchev–Trinajstić information content (AvgIpc) is 2.27. The normalized spacial score (nSPS) is 10.1. The van der Waals surface area contributed by atoms with Gasteiger partial charge in [-0.25, -0.2) is 4.98 Å². The average molecular weight is 235 g/mol. The number of nitrogen functional groups attached to an aromatic ring is 1. The van der Waals surface area contributed by atoms with Crippen LogP contribution in [0.1, 0.15) is 5.56 Å². The highest BCUT2D eigenvalue weighted by Gasteiger charge is 2.04. The molecule has 1 heterocycles. The van der Waals surface area contributed by atoms with Gasteiger partial charge in [0.1, 0.15) is 10.8 Å². The first-order valence-corrected chi connectivity index (χ1v) is 5.19. The minimum absolute atomic E-state index is 0.397. The van der Waals surface area contributed by atoms with Crippen LogP contribution in [0.25, 0.3) is 0 Å². The van der Waals surface area contributed by atoms with E-state index >= 15 is 0 Å². The molecule has 2 rings (SSSR count). The molecule has 82 valence electrons. The molecule has 16 heavy (non-hydrogen) atoms. The van der Waals surface area contributed by atoms with Crippen molar-refractivity contribution in [1.82, 2.24) is 4.98 Å². The number of nitrogens with zero attached hydrogens (tertiary/aromatic N) is 1. The topological polar surface area (TPSA) is 48.1 Å². The van der Waals surface area contributed by atoms with Crippen LogP contribution >= 0.6 is 11.6 Å². The molecule has 0 bridgehead atoms. The zero-order valence-electron chi connectivity index (χ0n) is 8.77. The van der Waals surface area contributed by atoms with Gasteiger partial charge in [-0.05, 0) is 42.8 Å². The summed E-state index contributed by atoms with van der Waals surface area (Å²) in [5, 5.41) is 0.483. The fourth-order valence-electron chi connectivity index (χ4n) is 1.27. The maximum absolute atomic E-state index is 5.93. The van der Waals surface area contributed by atoms with E-state index in [2.05, 4.69) is 4.98 Å². The second-order valence-corrected chi connectivity index (χ2v) is 3.82. The highest BCUT2D eigenvalue weighted by atomic mass is 35.5. The first-order valence-electron chi connectivity index (χ1n) is 4.81. The fourth-order valence-corrected chi connectivity index (χ4v) is 1.43. The Hall–Kier alpha value is -1.74. The lowest BCUT2D eigenvalue weighted by Crippen LogP contribution is -1.92. The van der Waals surface area contributed by atoms with Gasteiger partial charge >= 0.3 is 0 Å². The van der Waals surface area contributed by atoms with Crippen molar-refractivity contribution in [1.29, 1.82) is 0 Å². The third kappa shape index (κ3) is 2.25. The molecular weight excluding hydrogens is 224 g/mol. The highest BCUT2D eigenvalue weighted by molar-refractivity contribution is 6.31. The van der Waals surface area contributed by atoms with E-state index in [1.807, 2.05) is 13.0 Å². The second kappa shape index (κ2) is 4.41. The molecule has 0 unspecified atom stereocenters. The first kappa shape index (κ1) is 10.8. The molecule has 0 amide bonds. The van der Waals surface area contributed by atoms with Crippen molar-refractivity contribution in [2.45, 2.75) is 6.92 Å². The summed E-state index contributed by atoms with van der Waals surface area (Å²) < 4.78 is 5.55. The number of halogens is 1. The number of hydrogen-bond acceptors (Lipinski definition) is 3. The van der Waals surface area contributed by atoms with Crippen LogP contribution in [0.5, 0.6) is 11.6 Å². The number of pyridine rings is 1. The zero-order valence-corrected chi connectivity index (χ0v) is 9.53. The highest BCUT2D eigenvalue weighted by Crippen LogP contribution is 2.28. The van der Waals surface area contributed by atoms with E-state index in [1.54, 1.807) is 30.5 Å². The molecule has 0 saturated carbocycles. The van der Waals surface area contributed by atoms with Crippen molar-refractivity contribution < 1.29 is 4.74 Å². The number of nitrogens with two attached hydrogens (primary N) is 1. The summed E-state index contributed by atoms with van der Waals surface area (Å²) in [6.45, 7) is 1.92. The van der Waals surface area contributed by atoms with Crippen LogP contribution in [-0.4, -0.2) is 4.98 Å². The first-order chi connectivity index (χ1) is 7.66. The molecule has 0 spiro atoms. The predicted molar refractivity (Wildman–Crippen MR) is 64.9 cm³/mol. The largest absolute Gasteiger partial charge is 0.438 e. The molecule has 1 aromatic heterocycles. The molecule has 3 nitrogen and oxygen atoms in total. The fraction of sp³-hybridized carbons (Fsp3) is 0.0833. The summed E-state index contributed by atoms with van der Waals surface area (Å²) in [5.41, 5.74) is 7.41. The Morgan fingerprint density at radius 1 is 1.31 bits per heavy atom. The summed E-state index contributed by atoms with van der Waals surface area (Å²) >= 11 is 5.93. The van der Waals surface area contributed by atoms with E-state index in [-0.39, 0.29) is 0 Å². The van der Waals surface area contributed by atoms with Crippen LogP contribution in [-0.2, 0) is 0 Å². The van der Waals surface area contributed by atoms with Crippen molar-refractivity contribution in [2.24, 2.45) is 0 Å². The lowest BCUT2D eigenvalue weighted by atomic mass is 10.2. The molecule has 2 N–H and O–H groups in total. The Labute approximate surface area is 98.8 Å². The van der Waals surface area contributed by atoms with E-state index in [0.29, 0.717) is 16.7 Å². The van der Waals surface area contributed by atoms with Crippen LogP contribution < -0.4 is 10.5 Å². The van der Waals surface area contributed by atoms with Crippen LogP contribution in [0.4, 0.5) is 5.69 Å². The molecule has 0 aliphatic heterocycles. The Morgan fingerprint density at radius 2 is 2.12 bits per heavy atom. The number of aromatic nitrogens is 1. The van der Waals surface area contributed by atoms with Gasteiger partial charge in [-0.1, -0.05) is 11.6 Å². The van der Waals surface area contributed by atoms with Gasteiger partial charge in [0.15, 0.2) is 0 Å². The summed E-state index contributed by atoms with van der Waals surface area (Å²) in [7, 11) is 0. The standard InChI is InChI=1S/C12H11ClN2O/c1-8-7-9(4-5-11(8)14)16-12-10(13)3-2-6-15-12/h2-7H,14H2,1H3. The lowest BCUT2D eigenvalue weighted by molar-refractivity contribution is 0.463. The summed E-state index contributed by atoms with van der Waals surface area (Å²) in [6, 6.07) is 8.91.